The van der Waals surface area contributed by atoms with Gasteiger partial charge in [-0.1, -0.05) is 65.7 Å². The van der Waals surface area contributed by atoms with Gasteiger partial charge < -0.3 is 5.32 Å². The van der Waals surface area contributed by atoms with Crippen LogP contribution in [0.2, 0.25) is 0 Å². The lowest BCUT2D eigenvalue weighted by Crippen LogP contribution is -2.34. The van der Waals surface area contributed by atoms with Gasteiger partial charge in [0.2, 0.25) is 5.91 Å². The van der Waals surface area contributed by atoms with Gasteiger partial charge in [0.05, 0.1) is 5.25 Å². The van der Waals surface area contributed by atoms with Crippen LogP contribution in [0.1, 0.15) is 72.1 Å². The van der Waals surface area contributed by atoms with Crippen molar-refractivity contribution >= 4 is 18.5 Å². The van der Waals surface area contributed by atoms with E-state index < -0.39 is 0 Å². The molecule has 0 aliphatic rings. The maximum absolute atomic E-state index is 11.6. The van der Waals surface area contributed by atoms with E-state index in [1.807, 2.05) is 13.8 Å². The van der Waals surface area contributed by atoms with Crippen molar-refractivity contribution in [1.82, 2.24) is 5.32 Å². The summed E-state index contributed by atoms with van der Waals surface area (Å²) in [6.07, 6.45) is 10.4. The molecule has 0 aromatic rings. The molecule has 0 aromatic heterocycles. The van der Waals surface area contributed by atoms with E-state index in [0.29, 0.717) is 5.92 Å². The minimum atomic E-state index is -0.168. The Morgan fingerprint density at radius 2 is 1.50 bits per heavy atom. The Kier molecular flexibility index (Phi) is 11.8. The van der Waals surface area contributed by atoms with Crippen LogP contribution in [0.5, 0.6) is 0 Å². The largest absolute Gasteiger partial charge is 0.355 e. The molecule has 108 valence electrons. The van der Waals surface area contributed by atoms with E-state index >= 15 is 0 Å². The van der Waals surface area contributed by atoms with Crippen molar-refractivity contribution in [2.45, 2.75) is 77.4 Å². The number of hydrogen-bond acceptors (Lipinski definition) is 2. The van der Waals surface area contributed by atoms with Crippen LogP contribution < -0.4 is 5.32 Å². The highest BCUT2D eigenvalue weighted by Crippen LogP contribution is 2.09. The van der Waals surface area contributed by atoms with E-state index in [-0.39, 0.29) is 11.2 Å². The summed E-state index contributed by atoms with van der Waals surface area (Å²) >= 11 is 4.30. The van der Waals surface area contributed by atoms with Crippen LogP contribution in [0.3, 0.4) is 0 Å². The first-order chi connectivity index (χ1) is 8.59. The van der Waals surface area contributed by atoms with E-state index in [2.05, 4.69) is 24.9 Å². The molecule has 0 aliphatic heterocycles. The normalized spacial score (nSPS) is 12.7. The van der Waals surface area contributed by atoms with Gasteiger partial charge in [0.1, 0.15) is 0 Å². The standard InChI is InChI=1S/C15H31NOS/c1-4-5-6-7-8-9-10-11-12-16-15(17)14(18)13(2)3/h13-14,18H,4-12H2,1-3H3,(H,16,17). The third kappa shape index (κ3) is 9.81. The van der Waals surface area contributed by atoms with Gasteiger partial charge in [0.25, 0.3) is 0 Å². The lowest BCUT2D eigenvalue weighted by Gasteiger charge is -2.14. The zero-order chi connectivity index (χ0) is 13.8. The van der Waals surface area contributed by atoms with Crippen molar-refractivity contribution < 1.29 is 4.79 Å². The predicted molar refractivity (Wildman–Crippen MR) is 83.2 cm³/mol. The molecule has 3 heteroatoms. The zero-order valence-electron chi connectivity index (χ0n) is 12.4. The molecule has 1 N–H and O–H groups in total. The third-order valence-electron chi connectivity index (χ3n) is 3.23. The zero-order valence-corrected chi connectivity index (χ0v) is 13.3. The van der Waals surface area contributed by atoms with Gasteiger partial charge >= 0.3 is 0 Å². The number of thiol groups is 1. The van der Waals surface area contributed by atoms with E-state index in [9.17, 15) is 4.79 Å². The summed E-state index contributed by atoms with van der Waals surface area (Å²) in [5.74, 6) is 0.378. The number of unbranched alkanes of at least 4 members (excludes halogenated alkanes) is 7. The molecule has 18 heavy (non-hydrogen) atoms. The highest BCUT2D eigenvalue weighted by molar-refractivity contribution is 7.81. The van der Waals surface area contributed by atoms with Crippen molar-refractivity contribution in [3.8, 4) is 0 Å². The molecule has 0 fully saturated rings. The van der Waals surface area contributed by atoms with Crippen LogP contribution in [0.25, 0.3) is 0 Å². The number of amides is 1. The predicted octanol–water partition coefficient (Wildman–Crippen LogP) is 4.20. The summed E-state index contributed by atoms with van der Waals surface area (Å²) in [6, 6.07) is 0. The minimum absolute atomic E-state index is 0.0799. The SMILES string of the molecule is CCCCCCCCCCNC(=O)C(S)C(C)C. The summed E-state index contributed by atoms with van der Waals surface area (Å²) in [7, 11) is 0. The first-order valence-electron chi connectivity index (χ1n) is 7.55. The number of carbonyl (C=O) groups excluding carboxylic acids is 1. The maximum atomic E-state index is 11.6. The Hall–Kier alpha value is -0.180. The third-order valence-corrected chi connectivity index (χ3v) is 4.06. The van der Waals surface area contributed by atoms with Gasteiger partial charge in [-0.25, -0.2) is 0 Å². The number of carbonyl (C=O) groups is 1. The van der Waals surface area contributed by atoms with Crippen LogP contribution >= 0.6 is 12.6 Å². The summed E-state index contributed by atoms with van der Waals surface area (Å²) in [4.78, 5) is 11.6. The highest BCUT2D eigenvalue weighted by Gasteiger charge is 2.16. The van der Waals surface area contributed by atoms with E-state index in [0.717, 1.165) is 13.0 Å². The molecular formula is C15H31NOS. The molecule has 0 spiro atoms. The van der Waals surface area contributed by atoms with Gasteiger partial charge in [-0.3, -0.25) is 4.79 Å². The van der Waals surface area contributed by atoms with Crippen molar-refractivity contribution in [3.63, 3.8) is 0 Å². The molecule has 1 atom stereocenters. The second-order valence-electron chi connectivity index (χ2n) is 5.45. The van der Waals surface area contributed by atoms with Crippen LogP contribution in [-0.2, 0) is 4.79 Å². The lowest BCUT2D eigenvalue weighted by atomic mass is 10.1. The number of rotatable bonds is 11. The molecule has 0 heterocycles. The fraction of sp³-hybridized carbons (Fsp3) is 0.933. The fourth-order valence-electron chi connectivity index (χ4n) is 1.88. The summed E-state index contributed by atoms with van der Waals surface area (Å²) < 4.78 is 0. The van der Waals surface area contributed by atoms with Crippen LogP contribution in [0.15, 0.2) is 0 Å². The average molecular weight is 273 g/mol. The summed E-state index contributed by atoms with van der Waals surface area (Å²) in [5.41, 5.74) is 0. The first kappa shape index (κ1) is 17.8. The van der Waals surface area contributed by atoms with E-state index in [4.69, 9.17) is 0 Å². The van der Waals surface area contributed by atoms with Gasteiger partial charge in [-0.15, -0.1) is 0 Å². The molecule has 2 nitrogen and oxygen atoms in total. The lowest BCUT2D eigenvalue weighted by molar-refractivity contribution is -0.121. The van der Waals surface area contributed by atoms with Gasteiger partial charge in [-0.2, -0.15) is 12.6 Å². The Balaban J connectivity index is 3.27. The van der Waals surface area contributed by atoms with Crippen LogP contribution in [-0.4, -0.2) is 17.7 Å². The maximum Gasteiger partial charge on any atom is 0.233 e. The Morgan fingerprint density at radius 1 is 1.00 bits per heavy atom. The molecule has 0 bridgehead atoms. The quantitative estimate of drug-likeness (QED) is 0.429. The molecule has 1 amide bonds. The van der Waals surface area contributed by atoms with Crippen molar-refractivity contribution in [1.29, 1.82) is 0 Å². The van der Waals surface area contributed by atoms with Gasteiger partial charge in [-0.05, 0) is 12.3 Å². The molecular weight excluding hydrogens is 242 g/mol. The van der Waals surface area contributed by atoms with E-state index in [1.54, 1.807) is 0 Å². The molecule has 0 aromatic carbocycles. The van der Waals surface area contributed by atoms with Crippen LogP contribution in [0, 0.1) is 5.92 Å². The number of nitrogens with one attached hydrogen (secondary N) is 1. The molecule has 0 rings (SSSR count). The summed E-state index contributed by atoms with van der Waals surface area (Å²) in [5, 5.41) is 2.79. The Labute approximate surface area is 119 Å². The molecule has 0 aliphatic carbocycles. The fourth-order valence-corrected chi connectivity index (χ4v) is 1.97. The van der Waals surface area contributed by atoms with Crippen LogP contribution in [0.4, 0.5) is 0 Å². The smallest absolute Gasteiger partial charge is 0.233 e. The Morgan fingerprint density at radius 3 is 2.00 bits per heavy atom. The second kappa shape index (κ2) is 11.9. The average Bonchev–Trinajstić information content (AvgIpc) is 2.35. The Bertz CT molecular complexity index is 207. The first-order valence-corrected chi connectivity index (χ1v) is 8.07. The highest BCUT2D eigenvalue weighted by atomic mass is 32.1. The van der Waals surface area contributed by atoms with Gasteiger partial charge in [0.15, 0.2) is 0 Å². The van der Waals surface area contributed by atoms with Gasteiger partial charge in [0, 0.05) is 6.54 Å². The minimum Gasteiger partial charge on any atom is -0.355 e. The van der Waals surface area contributed by atoms with Crippen molar-refractivity contribution in [3.05, 3.63) is 0 Å². The van der Waals surface area contributed by atoms with Crippen molar-refractivity contribution in [2.75, 3.05) is 6.54 Å². The molecule has 0 saturated heterocycles. The monoisotopic (exact) mass is 273 g/mol. The number of hydrogen-bond donors (Lipinski definition) is 2. The summed E-state index contributed by atoms with van der Waals surface area (Å²) in [6.45, 7) is 7.09. The van der Waals surface area contributed by atoms with E-state index in [1.165, 1.54) is 44.9 Å². The molecule has 0 radical (unpaired) electrons. The topological polar surface area (TPSA) is 29.1 Å². The second-order valence-corrected chi connectivity index (χ2v) is 6.01. The molecule has 0 saturated carbocycles. The molecule has 1 unspecified atom stereocenters. The van der Waals surface area contributed by atoms with Crippen molar-refractivity contribution in [2.24, 2.45) is 5.92 Å².